The van der Waals surface area contributed by atoms with Crippen molar-refractivity contribution in [2.75, 3.05) is 6.61 Å². The minimum atomic E-state index is -4.26. The second kappa shape index (κ2) is 6.59. The van der Waals surface area contributed by atoms with Crippen molar-refractivity contribution in [3.63, 3.8) is 0 Å². The molecule has 0 bridgehead atoms. The molecule has 0 radical (unpaired) electrons. The van der Waals surface area contributed by atoms with E-state index in [2.05, 4.69) is 0 Å². The molecule has 4 N–H and O–H groups in total. The summed E-state index contributed by atoms with van der Waals surface area (Å²) in [7, 11) is -4.26. The molecule has 5 unspecified atom stereocenters. The van der Waals surface area contributed by atoms with E-state index in [0.717, 1.165) is 5.56 Å². The lowest BCUT2D eigenvalue weighted by molar-refractivity contribution is -0.279. The Bertz CT molecular complexity index is 599. The van der Waals surface area contributed by atoms with Crippen LogP contribution < -0.4 is 0 Å². The van der Waals surface area contributed by atoms with Crippen LogP contribution in [0.25, 0.3) is 0 Å². The predicted octanol–water partition coefficient (Wildman–Crippen LogP) is -1.50. The zero-order valence-electron chi connectivity index (χ0n) is 11.7. The summed E-state index contributed by atoms with van der Waals surface area (Å²) >= 11 is 0. The van der Waals surface area contributed by atoms with Crippen LogP contribution in [0.4, 0.5) is 0 Å². The molecule has 5 atom stereocenters. The largest absolute Gasteiger partial charge is 0.394 e. The molecule has 1 aromatic carbocycles. The second-order valence-electron chi connectivity index (χ2n) is 5.06. The Morgan fingerprint density at radius 3 is 2.27 bits per heavy atom. The molecular formula is C13H18O8S. The highest BCUT2D eigenvalue weighted by molar-refractivity contribution is 7.86. The van der Waals surface area contributed by atoms with Gasteiger partial charge < -0.3 is 25.2 Å². The molecule has 1 aliphatic rings. The third-order valence-corrected chi connectivity index (χ3v) is 4.72. The van der Waals surface area contributed by atoms with Crippen LogP contribution in [0.3, 0.4) is 0 Å². The van der Waals surface area contributed by atoms with Crippen molar-refractivity contribution in [3.05, 3.63) is 29.8 Å². The molecule has 0 aromatic heterocycles. The monoisotopic (exact) mass is 334 g/mol. The fourth-order valence-corrected chi connectivity index (χ4v) is 3.16. The fourth-order valence-electron chi connectivity index (χ4n) is 2.08. The highest BCUT2D eigenvalue weighted by Gasteiger charge is 2.46. The van der Waals surface area contributed by atoms with Crippen molar-refractivity contribution in [3.8, 4) is 0 Å². The minimum Gasteiger partial charge on any atom is -0.394 e. The molecule has 1 aromatic rings. The Morgan fingerprint density at radius 2 is 1.73 bits per heavy atom. The van der Waals surface area contributed by atoms with Crippen LogP contribution in [-0.4, -0.2) is 66.2 Å². The number of aryl methyl sites for hydroxylation is 1. The molecule has 8 nitrogen and oxygen atoms in total. The van der Waals surface area contributed by atoms with Gasteiger partial charge in [-0.2, -0.15) is 8.42 Å². The predicted molar refractivity (Wildman–Crippen MR) is 73.2 cm³/mol. The van der Waals surface area contributed by atoms with Crippen molar-refractivity contribution in [2.24, 2.45) is 0 Å². The van der Waals surface area contributed by atoms with Crippen molar-refractivity contribution in [1.82, 2.24) is 0 Å². The Morgan fingerprint density at radius 1 is 1.14 bits per heavy atom. The Labute approximate surface area is 127 Å². The van der Waals surface area contributed by atoms with Gasteiger partial charge in [-0.05, 0) is 19.1 Å². The van der Waals surface area contributed by atoms with Gasteiger partial charge in [0.1, 0.15) is 18.3 Å². The molecule has 0 aliphatic carbocycles. The third kappa shape index (κ3) is 3.46. The van der Waals surface area contributed by atoms with E-state index in [1.54, 1.807) is 19.1 Å². The highest BCUT2D eigenvalue weighted by Crippen LogP contribution is 2.25. The van der Waals surface area contributed by atoms with Gasteiger partial charge in [-0.3, -0.25) is 4.18 Å². The number of rotatable bonds is 4. The van der Waals surface area contributed by atoms with Crippen LogP contribution in [0.5, 0.6) is 0 Å². The maximum absolute atomic E-state index is 12.1. The van der Waals surface area contributed by atoms with Crippen molar-refractivity contribution in [1.29, 1.82) is 0 Å². The summed E-state index contributed by atoms with van der Waals surface area (Å²) in [4.78, 5) is -0.156. The molecule has 1 saturated heterocycles. The van der Waals surface area contributed by atoms with Crippen LogP contribution in [0.15, 0.2) is 29.2 Å². The number of hydrogen-bond acceptors (Lipinski definition) is 8. The number of hydrogen-bond donors (Lipinski definition) is 4. The van der Waals surface area contributed by atoms with Gasteiger partial charge in [0.25, 0.3) is 10.1 Å². The second-order valence-corrected chi connectivity index (χ2v) is 6.63. The molecule has 22 heavy (non-hydrogen) atoms. The number of aliphatic hydroxyl groups is 4. The van der Waals surface area contributed by atoms with Gasteiger partial charge >= 0.3 is 0 Å². The molecule has 124 valence electrons. The third-order valence-electron chi connectivity index (χ3n) is 3.39. The van der Waals surface area contributed by atoms with Crippen LogP contribution in [0.2, 0.25) is 0 Å². The summed E-state index contributed by atoms with van der Waals surface area (Å²) in [6, 6.07) is 5.77. The van der Waals surface area contributed by atoms with Gasteiger partial charge in [0.2, 0.25) is 0 Å². The lowest BCUT2D eigenvalue weighted by Gasteiger charge is -2.39. The first kappa shape index (κ1) is 17.3. The van der Waals surface area contributed by atoms with Gasteiger partial charge in [-0.1, -0.05) is 17.7 Å². The standard InChI is InChI=1S/C13H18O8S/c1-7-2-4-8(5-3-7)22(18,19)21-12-11(16)10(15)9(6-14)20-13(12)17/h2-5,9-17H,6H2,1H3. The van der Waals surface area contributed by atoms with Gasteiger partial charge in [0.05, 0.1) is 11.5 Å². The first-order chi connectivity index (χ1) is 10.3. The first-order valence-corrected chi connectivity index (χ1v) is 7.97. The lowest BCUT2D eigenvalue weighted by Crippen LogP contribution is -2.59. The van der Waals surface area contributed by atoms with Gasteiger partial charge in [-0.25, -0.2) is 0 Å². The SMILES string of the molecule is Cc1ccc(S(=O)(=O)OC2C(O)OC(CO)C(O)C2O)cc1. The minimum absolute atomic E-state index is 0.156. The summed E-state index contributed by atoms with van der Waals surface area (Å²) in [5.74, 6) is 0. The van der Waals surface area contributed by atoms with Crippen molar-refractivity contribution >= 4 is 10.1 Å². The molecule has 0 spiro atoms. The van der Waals surface area contributed by atoms with E-state index in [1.165, 1.54) is 12.1 Å². The van der Waals surface area contributed by atoms with Crippen LogP contribution in [0, 0.1) is 6.92 Å². The summed E-state index contributed by atoms with van der Waals surface area (Å²) in [6.07, 6.45) is -8.07. The van der Waals surface area contributed by atoms with E-state index in [9.17, 15) is 23.7 Å². The number of aliphatic hydroxyl groups excluding tert-OH is 4. The smallest absolute Gasteiger partial charge is 0.297 e. The van der Waals surface area contributed by atoms with E-state index in [-0.39, 0.29) is 4.90 Å². The summed E-state index contributed by atoms with van der Waals surface area (Å²) in [5, 5.41) is 38.3. The van der Waals surface area contributed by atoms with Crippen LogP contribution in [-0.2, 0) is 19.0 Å². The van der Waals surface area contributed by atoms with Gasteiger partial charge in [0, 0.05) is 0 Å². The average Bonchev–Trinajstić information content (AvgIpc) is 2.48. The highest BCUT2D eigenvalue weighted by atomic mass is 32.2. The molecule has 1 aliphatic heterocycles. The first-order valence-electron chi connectivity index (χ1n) is 6.57. The number of ether oxygens (including phenoxy) is 1. The Balaban J connectivity index is 2.20. The molecule has 1 fully saturated rings. The maximum atomic E-state index is 12.1. The molecule has 0 amide bonds. The normalized spacial score (nSPS) is 32.9. The summed E-state index contributed by atoms with van der Waals surface area (Å²) in [6.45, 7) is 1.14. The molecule has 1 heterocycles. The fraction of sp³-hybridized carbons (Fsp3) is 0.538. The molecule has 0 saturated carbocycles. The van der Waals surface area contributed by atoms with E-state index in [0.29, 0.717) is 0 Å². The van der Waals surface area contributed by atoms with E-state index in [1.807, 2.05) is 0 Å². The Kier molecular flexibility index (Phi) is 5.17. The summed E-state index contributed by atoms with van der Waals surface area (Å²) in [5.41, 5.74) is 0.848. The van der Waals surface area contributed by atoms with E-state index in [4.69, 9.17) is 14.0 Å². The maximum Gasteiger partial charge on any atom is 0.297 e. The van der Waals surface area contributed by atoms with E-state index >= 15 is 0 Å². The zero-order valence-corrected chi connectivity index (χ0v) is 12.5. The van der Waals surface area contributed by atoms with Crippen molar-refractivity contribution < 1.29 is 37.8 Å². The zero-order chi connectivity index (χ0) is 16.5. The Hall–Kier alpha value is -1.07. The van der Waals surface area contributed by atoms with Crippen LogP contribution >= 0.6 is 0 Å². The average molecular weight is 334 g/mol. The van der Waals surface area contributed by atoms with Crippen molar-refractivity contribution in [2.45, 2.75) is 42.5 Å². The van der Waals surface area contributed by atoms with Crippen LogP contribution in [0.1, 0.15) is 5.56 Å². The van der Waals surface area contributed by atoms with Gasteiger partial charge in [0.15, 0.2) is 12.4 Å². The molecule has 2 rings (SSSR count). The molecule has 9 heteroatoms. The lowest BCUT2D eigenvalue weighted by atomic mass is 9.99. The summed E-state index contributed by atoms with van der Waals surface area (Å²) < 4.78 is 33.9. The van der Waals surface area contributed by atoms with E-state index < -0.39 is 47.4 Å². The quantitative estimate of drug-likeness (QED) is 0.489. The number of benzene rings is 1. The van der Waals surface area contributed by atoms with Gasteiger partial charge in [-0.15, -0.1) is 0 Å². The molecular weight excluding hydrogens is 316 g/mol. The topological polar surface area (TPSA) is 134 Å².